The van der Waals surface area contributed by atoms with Crippen LogP contribution in [-0.2, 0) is 6.54 Å². The van der Waals surface area contributed by atoms with E-state index in [4.69, 9.17) is 10.00 Å². The van der Waals surface area contributed by atoms with Crippen molar-refractivity contribution in [2.75, 3.05) is 39.8 Å². The van der Waals surface area contributed by atoms with Crippen molar-refractivity contribution in [3.05, 3.63) is 29.8 Å². The topological polar surface area (TPSA) is 39.5 Å². The van der Waals surface area contributed by atoms with Crippen molar-refractivity contribution in [3.8, 4) is 11.8 Å². The first-order valence-electron chi connectivity index (χ1n) is 6.26. The molecule has 0 aliphatic carbocycles. The SMILES string of the molecule is COc1cccc(CN2CCN(CC#N)CC2)c1. The van der Waals surface area contributed by atoms with Crippen LogP contribution in [-0.4, -0.2) is 49.6 Å². The number of ether oxygens (including phenoxy) is 1. The Morgan fingerprint density at radius 2 is 1.94 bits per heavy atom. The van der Waals surface area contributed by atoms with Crippen molar-refractivity contribution in [1.82, 2.24) is 9.80 Å². The van der Waals surface area contributed by atoms with Crippen LogP contribution >= 0.6 is 0 Å². The highest BCUT2D eigenvalue weighted by Crippen LogP contribution is 2.15. The Hall–Kier alpha value is -1.57. The van der Waals surface area contributed by atoms with Crippen LogP contribution in [0.3, 0.4) is 0 Å². The van der Waals surface area contributed by atoms with E-state index in [1.807, 2.05) is 12.1 Å². The van der Waals surface area contributed by atoms with Crippen LogP contribution in [0.25, 0.3) is 0 Å². The van der Waals surface area contributed by atoms with Crippen LogP contribution in [0, 0.1) is 11.3 Å². The predicted molar refractivity (Wildman–Crippen MR) is 70.3 cm³/mol. The third-order valence-corrected chi connectivity index (χ3v) is 3.30. The summed E-state index contributed by atoms with van der Waals surface area (Å²) in [6, 6.07) is 10.4. The molecule has 1 fully saturated rings. The minimum atomic E-state index is 0.549. The second-order valence-electron chi connectivity index (χ2n) is 4.56. The summed E-state index contributed by atoms with van der Waals surface area (Å²) in [5.74, 6) is 0.913. The Labute approximate surface area is 108 Å². The Bertz CT molecular complexity index is 419. The van der Waals surface area contributed by atoms with Gasteiger partial charge in [0.15, 0.2) is 0 Å². The molecule has 1 aliphatic heterocycles. The molecular formula is C14H19N3O. The average Bonchev–Trinajstić information content (AvgIpc) is 2.42. The smallest absolute Gasteiger partial charge is 0.119 e. The second-order valence-corrected chi connectivity index (χ2v) is 4.56. The molecule has 18 heavy (non-hydrogen) atoms. The van der Waals surface area contributed by atoms with Gasteiger partial charge in [-0.15, -0.1) is 0 Å². The Morgan fingerprint density at radius 3 is 2.61 bits per heavy atom. The Balaban J connectivity index is 1.86. The van der Waals surface area contributed by atoms with Gasteiger partial charge in [0.25, 0.3) is 0 Å². The third-order valence-electron chi connectivity index (χ3n) is 3.30. The van der Waals surface area contributed by atoms with E-state index in [1.54, 1.807) is 7.11 Å². The lowest BCUT2D eigenvalue weighted by atomic mass is 10.2. The van der Waals surface area contributed by atoms with Gasteiger partial charge in [0.2, 0.25) is 0 Å². The van der Waals surface area contributed by atoms with E-state index in [1.165, 1.54) is 5.56 Å². The summed E-state index contributed by atoms with van der Waals surface area (Å²) in [6.07, 6.45) is 0. The zero-order valence-electron chi connectivity index (χ0n) is 10.8. The molecule has 0 saturated carbocycles. The zero-order chi connectivity index (χ0) is 12.8. The van der Waals surface area contributed by atoms with Gasteiger partial charge in [-0.3, -0.25) is 9.80 Å². The molecule has 2 rings (SSSR count). The molecular weight excluding hydrogens is 226 g/mol. The fraction of sp³-hybridized carbons (Fsp3) is 0.500. The van der Waals surface area contributed by atoms with Gasteiger partial charge in [-0.1, -0.05) is 12.1 Å². The van der Waals surface area contributed by atoms with E-state index < -0.39 is 0 Å². The van der Waals surface area contributed by atoms with E-state index in [0.717, 1.165) is 38.5 Å². The number of rotatable bonds is 4. The van der Waals surface area contributed by atoms with E-state index in [9.17, 15) is 0 Å². The number of benzene rings is 1. The minimum absolute atomic E-state index is 0.549. The monoisotopic (exact) mass is 245 g/mol. The minimum Gasteiger partial charge on any atom is -0.497 e. The molecule has 1 saturated heterocycles. The molecule has 0 N–H and O–H groups in total. The highest BCUT2D eigenvalue weighted by molar-refractivity contribution is 5.28. The van der Waals surface area contributed by atoms with Crippen molar-refractivity contribution in [2.45, 2.75) is 6.54 Å². The fourth-order valence-corrected chi connectivity index (χ4v) is 2.23. The lowest BCUT2D eigenvalue weighted by molar-refractivity contribution is 0.138. The summed E-state index contributed by atoms with van der Waals surface area (Å²) in [5.41, 5.74) is 1.28. The Kier molecular flexibility index (Phi) is 4.57. The van der Waals surface area contributed by atoms with Crippen molar-refractivity contribution in [1.29, 1.82) is 5.26 Å². The number of nitriles is 1. The first kappa shape index (κ1) is 12.9. The van der Waals surface area contributed by atoms with Gasteiger partial charge in [0, 0.05) is 32.7 Å². The largest absolute Gasteiger partial charge is 0.497 e. The summed E-state index contributed by atoms with van der Waals surface area (Å²) in [7, 11) is 1.69. The molecule has 0 amide bonds. The van der Waals surface area contributed by atoms with Crippen molar-refractivity contribution >= 4 is 0 Å². The van der Waals surface area contributed by atoms with Crippen LogP contribution in [0.2, 0.25) is 0 Å². The van der Waals surface area contributed by atoms with E-state index in [-0.39, 0.29) is 0 Å². The number of nitrogens with zero attached hydrogens (tertiary/aromatic N) is 3. The zero-order valence-corrected chi connectivity index (χ0v) is 10.8. The van der Waals surface area contributed by atoms with E-state index in [2.05, 4.69) is 28.0 Å². The first-order chi connectivity index (χ1) is 8.81. The van der Waals surface area contributed by atoms with Crippen LogP contribution < -0.4 is 4.74 Å². The quantitative estimate of drug-likeness (QED) is 0.750. The summed E-state index contributed by atoms with van der Waals surface area (Å²) in [6.45, 7) is 5.53. The number of methoxy groups -OCH3 is 1. The van der Waals surface area contributed by atoms with Crippen LogP contribution in [0.5, 0.6) is 5.75 Å². The Morgan fingerprint density at radius 1 is 1.22 bits per heavy atom. The fourth-order valence-electron chi connectivity index (χ4n) is 2.23. The predicted octanol–water partition coefficient (Wildman–Crippen LogP) is 1.34. The molecule has 0 atom stereocenters. The normalized spacial score (nSPS) is 17.3. The molecule has 0 radical (unpaired) electrons. The lowest BCUT2D eigenvalue weighted by Gasteiger charge is -2.33. The maximum Gasteiger partial charge on any atom is 0.119 e. The molecule has 4 nitrogen and oxygen atoms in total. The van der Waals surface area contributed by atoms with Gasteiger partial charge in [-0.05, 0) is 17.7 Å². The van der Waals surface area contributed by atoms with E-state index >= 15 is 0 Å². The van der Waals surface area contributed by atoms with Crippen molar-refractivity contribution in [3.63, 3.8) is 0 Å². The highest BCUT2D eigenvalue weighted by atomic mass is 16.5. The van der Waals surface area contributed by atoms with Gasteiger partial charge in [0.1, 0.15) is 5.75 Å². The maximum absolute atomic E-state index is 8.66. The van der Waals surface area contributed by atoms with Gasteiger partial charge < -0.3 is 4.74 Å². The van der Waals surface area contributed by atoms with Crippen molar-refractivity contribution in [2.24, 2.45) is 0 Å². The number of hydrogen-bond acceptors (Lipinski definition) is 4. The van der Waals surface area contributed by atoms with Crippen LogP contribution in [0.4, 0.5) is 0 Å². The van der Waals surface area contributed by atoms with Gasteiger partial charge in [-0.25, -0.2) is 0 Å². The number of hydrogen-bond donors (Lipinski definition) is 0. The third kappa shape index (κ3) is 3.46. The highest BCUT2D eigenvalue weighted by Gasteiger charge is 2.16. The summed E-state index contributed by atoms with van der Waals surface area (Å²) < 4.78 is 5.23. The molecule has 1 aromatic carbocycles. The summed E-state index contributed by atoms with van der Waals surface area (Å²) >= 11 is 0. The first-order valence-corrected chi connectivity index (χ1v) is 6.26. The molecule has 0 unspecified atom stereocenters. The second kappa shape index (κ2) is 6.39. The standard InChI is InChI=1S/C14H19N3O/c1-18-14-4-2-3-13(11-14)12-17-9-7-16(6-5-15)8-10-17/h2-4,11H,6-10,12H2,1H3. The molecule has 0 aromatic heterocycles. The number of piperazine rings is 1. The summed E-state index contributed by atoms with van der Waals surface area (Å²) in [4.78, 5) is 4.62. The van der Waals surface area contributed by atoms with Crippen molar-refractivity contribution < 1.29 is 4.74 Å². The maximum atomic E-state index is 8.66. The summed E-state index contributed by atoms with van der Waals surface area (Å²) in [5, 5.41) is 8.66. The van der Waals surface area contributed by atoms with Gasteiger partial charge in [0.05, 0.1) is 19.7 Å². The molecule has 0 bridgehead atoms. The van der Waals surface area contributed by atoms with Gasteiger partial charge >= 0.3 is 0 Å². The van der Waals surface area contributed by atoms with Crippen LogP contribution in [0.15, 0.2) is 24.3 Å². The average molecular weight is 245 g/mol. The lowest BCUT2D eigenvalue weighted by Crippen LogP contribution is -2.45. The molecule has 4 heteroatoms. The molecule has 96 valence electrons. The molecule has 0 spiro atoms. The van der Waals surface area contributed by atoms with E-state index in [0.29, 0.717) is 6.54 Å². The van der Waals surface area contributed by atoms with Crippen LogP contribution in [0.1, 0.15) is 5.56 Å². The molecule has 1 aromatic rings. The molecule has 1 aliphatic rings. The van der Waals surface area contributed by atoms with Gasteiger partial charge in [-0.2, -0.15) is 5.26 Å². The molecule has 1 heterocycles.